The summed E-state index contributed by atoms with van der Waals surface area (Å²) in [6.45, 7) is 2.52. The third-order valence-electron chi connectivity index (χ3n) is 4.65. The molecule has 0 bridgehead atoms. The summed E-state index contributed by atoms with van der Waals surface area (Å²) in [7, 11) is 0. The third kappa shape index (κ3) is 2.87. The van der Waals surface area contributed by atoms with Crippen LogP contribution >= 0.6 is 0 Å². The first-order valence-electron chi connectivity index (χ1n) is 8.74. The van der Waals surface area contributed by atoms with Crippen LogP contribution in [-0.4, -0.2) is 26.7 Å². The molecule has 29 heavy (non-hydrogen) atoms. The first-order chi connectivity index (χ1) is 13.9. The lowest BCUT2D eigenvalue weighted by Crippen LogP contribution is -2.07. The van der Waals surface area contributed by atoms with Crippen LogP contribution in [0.25, 0.3) is 33.6 Å². The number of hydrogen-bond donors (Lipinski definition) is 0. The monoisotopic (exact) mass is 402 g/mol. The summed E-state index contributed by atoms with van der Waals surface area (Å²) in [5.74, 6) is 0.953. The highest BCUT2D eigenvalue weighted by molar-refractivity contribution is 5.94. The molecule has 0 radical (unpaired) electrons. The molecule has 148 valence electrons. The SMILES string of the molecule is CCn1cc(-c2cc(C(F)(F)F)c3c(-c4ccc5c(c4)OCO5)noc3n2)cn1. The van der Waals surface area contributed by atoms with Crippen molar-refractivity contribution in [2.45, 2.75) is 19.6 Å². The molecule has 0 fully saturated rings. The van der Waals surface area contributed by atoms with Crippen molar-refractivity contribution >= 4 is 11.1 Å². The Hall–Kier alpha value is -3.56. The average Bonchev–Trinajstić information content (AvgIpc) is 3.43. The second kappa shape index (κ2) is 6.23. The summed E-state index contributed by atoms with van der Waals surface area (Å²) in [6, 6.07) is 5.78. The van der Waals surface area contributed by atoms with Gasteiger partial charge in [-0.1, -0.05) is 5.16 Å². The molecule has 7 nitrogen and oxygen atoms in total. The Morgan fingerprint density at radius 3 is 2.69 bits per heavy atom. The number of aryl methyl sites for hydroxylation is 1. The molecule has 3 aromatic heterocycles. The van der Waals surface area contributed by atoms with Crippen molar-refractivity contribution in [1.82, 2.24) is 19.9 Å². The fourth-order valence-corrected chi connectivity index (χ4v) is 3.23. The van der Waals surface area contributed by atoms with E-state index in [1.165, 1.54) is 6.20 Å². The third-order valence-corrected chi connectivity index (χ3v) is 4.65. The van der Waals surface area contributed by atoms with Crippen LogP contribution < -0.4 is 9.47 Å². The Morgan fingerprint density at radius 1 is 1.10 bits per heavy atom. The molecule has 0 saturated heterocycles. The van der Waals surface area contributed by atoms with E-state index >= 15 is 0 Å². The van der Waals surface area contributed by atoms with Gasteiger partial charge in [-0.05, 0) is 31.2 Å². The van der Waals surface area contributed by atoms with Gasteiger partial charge in [0.05, 0.1) is 22.8 Å². The number of aromatic nitrogens is 4. The molecule has 4 heterocycles. The minimum atomic E-state index is -4.63. The number of hydrogen-bond acceptors (Lipinski definition) is 6. The number of benzene rings is 1. The summed E-state index contributed by atoms with van der Waals surface area (Å²) in [6.07, 6.45) is -1.54. The predicted molar refractivity (Wildman–Crippen MR) is 95.3 cm³/mol. The first kappa shape index (κ1) is 17.5. The zero-order valence-corrected chi connectivity index (χ0v) is 15.0. The Kier molecular flexibility index (Phi) is 3.76. The lowest BCUT2D eigenvalue weighted by molar-refractivity contribution is -0.136. The van der Waals surface area contributed by atoms with Gasteiger partial charge in [0, 0.05) is 23.9 Å². The number of halogens is 3. The van der Waals surface area contributed by atoms with Gasteiger partial charge < -0.3 is 14.0 Å². The molecule has 0 unspecified atom stereocenters. The second-order valence-electron chi connectivity index (χ2n) is 6.42. The number of nitrogens with zero attached hydrogens (tertiary/aromatic N) is 4. The first-order valence-corrected chi connectivity index (χ1v) is 8.74. The molecule has 0 N–H and O–H groups in total. The van der Waals surface area contributed by atoms with Gasteiger partial charge in [0.2, 0.25) is 6.79 Å². The maximum Gasteiger partial charge on any atom is 0.417 e. The van der Waals surface area contributed by atoms with E-state index in [0.717, 1.165) is 6.07 Å². The van der Waals surface area contributed by atoms with Gasteiger partial charge in [0.25, 0.3) is 5.71 Å². The molecule has 1 aliphatic heterocycles. The average molecular weight is 402 g/mol. The smallest absolute Gasteiger partial charge is 0.417 e. The molecule has 0 atom stereocenters. The van der Waals surface area contributed by atoms with Gasteiger partial charge >= 0.3 is 6.18 Å². The molecular formula is C19H13F3N4O3. The summed E-state index contributed by atoms with van der Waals surface area (Å²) in [4.78, 5) is 4.25. The normalized spacial score (nSPS) is 13.4. The summed E-state index contributed by atoms with van der Waals surface area (Å²) >= 11 is 0. The van der Waals surface area contributed by atoms with Crippen LogP contribution in [0.4, 0.5) is 13.2 Å². The number of alkyl halides is 3. The Morgan fingerprint density at radius 2 is 1.93 bits per heavy atom. The van der Waals surface area contributed by atoms with E-state index in [1.54, 1.807) is 29.1 Å². The molecule has 10 heteroatoms. The van der Waals surface area contributed by atoms with E-state index in [2.05, 4.69) is 15.2 Å². The predicted octanol–water partition coefficient (Wildman–Crippen LogP) is 4.52. The van der Waals surface area contributed by atoms with Crippen LogP contribution in [0.1, 0.15) is 12.5 Å². The highest BCUT2D eigenvalue weighted by Gasteiger charge is 2.37. The van der Waals surface area contributed by atoms with Crippen LogP contribution in [0.3, 0.4) is 0 Å². The van der Waals surface area contributed by atoms with Crippen LogP contribution in [0.5, 0.6) is 11.5 Å². The van der Waals surface area contributed by atoms with Crippen molar-refractivity contribution in [3.63, 3.8) is 0 Å². The lowest BCUT2D eigenvalue weighted by Gasteiger charge is -2.10. The van der Waals surface area contributed by atoms with Crippen molar-refractivity contribution < 1.29 is 27.2 Å². The summed E-state index contributed by atoms with van der Waals surface area (Å²) in [5.41, 5.74) is -0.0682. The van der Waals surface area contributed by atoms with Crippen molar-refractivity contribution in [3.05, 3.63) is 42.2 Å². The maximum absolute atomic E-state index is 13.9. The fourth-order valence-electron chi connectivity index (χ4n) is 3.23. The summed E-state index contributed by atoms with van der Waals surface area (Å²) < 4.78 is 59.1. The molecule has 0 aliphatic carbocycles. The summed E-state index contributed by atoms with van der Waals surface area (Å²) in [5, 5.41) is 7.75. The molecule has 1 aromatic carbocycles. The standard InChI is InChI=1S/C19H13F3N4O3/c1-2-26-8-11(7-23-26)13-6-12(19(20,21)22)16-17(25-29-18(16)24-13)10-3-4-14-15(5-10)28-9-27-14/h3-8H,2,9H2,1H3. The highest BCUT2D eigenvalue weighted by atomic mass is 19.4. The number of rotatable bonds is 3. The molecule has 0 spiro atoms. The van der Waals surface area contributed by atoms with E-state index in [9.17, 15) is 13.2 Å². The minimum Gasteiger partial charge on any atom is -0.454 e. The minimum absolute atomic E-state index is 0.0360. The van der Waals surface area contributed by atoms with Gasteiger partial charge in [0.15, 0.2) is 11.5 Å². The van der Waals surface area contributed by atoms with Crippen LogP contribution in [0.2, 0.25) is 0 Å². The van der Waals surface area contributed by atoms with Gasteiger partial charge in [-0.2, -0.15) is 18.3 Å². The quantitative estimate of drug-likeness (QED) is 0.502. The van der Waals surface area contributed by atoms with Crippen molar-refractivity contribution in [3.8, 4) is 34.0 Å². The van der Waals surface area contributed by atoms with Gasteiger partial charge in [0.1, 0.15) is 5.69 Å². The molecule has 5 rings (SSSR count). The van der Waals surface area contributed by atoms with Gasteiger partial charge in [-0.25, -0.2) is 4.98 Å². The molecule has 0 amide bonds. The number of pyridine rings is 1. The van der Waals surface area contributed by atoms with E-state index in [-0.39, 0.29) is 29.3 Å². The number of fused-ring (bicyclic) bond motifs is 2. The van der Waals surface area contributed by atoms with Crippen LogP contribution in [0.15, 0.2) is 41.2 Å². The van der Waals surface area contributed by atoms with Crippen molar-refractivity contribution in [2.24, 2.45) is 0 Å². The Bertz CT molecular complexity index is 1230. The maximum atomic E-state index is 13.9. The largest absolute Gasteiger partial charge is 0.454 e. The molecule has 4 aromatic rings. The van der Waals surface area contributed by atoms with Gasteiger partial charge in [-0.15, -0.1) is 0 Å². The van der Waals surface area contributed by atoms with Crippen LogP contribution in [0, 0.1) is 0 Å². The van der Waals surface area contributed by atoms with E-state index < -0.39 is 11.7 Å². The fraction of sp³-hybridized carbons (Fsp3) is 0.211. The highest BCUT2D eigenvalue weighted by Crippen LogP contribution is 2.42. The Balaban J connectivity index is 1.71. The van der Waals surface area contributed by atoms with Crippen LogP contribution in [-0.2, 0) is 12.7 Å². The zero-order valence-electron chi connectivity index (χ0n) is 15.0. The van der Waals surface area contributed by atoms with E-state index in [1.807, 2.05) is 6.92 Å². The molecular weight excluding hydrogens is 389 g/mol. The molecule has 0 saturated carbocycles. The van der Waals surface area contributed by atoms with E-state index in [4.69, 9.17) is 14.0 Å². The van der Waals surface area contributed by atoms with E-state index in [0.29, 0.717) is 29.2 Å². The molecule has 1 aliphatic rings. The lowest BCUT2D eigenvalue weighted by atomic mass is 10.0. The van der Waals surface area contributed by atoms with Crippen molar-refractivity contribution in [2.75, 3.05) is 6.79 Å². The topological polar surface area (TPSA) is 75.2 Å². The zero-order chi connectivity index (χ0) is 20.2. The van der Waals surface area contributed by atoms with Gasteiger partial charge in [-0.3, -0.25) is 4.68 Å². The Labute approximate surface area is 161 Å². The second-order valence-corrected chi connectivity index (χ2v) is 6.42. The number of ether oxygens (including phenoxy) is 2. The van der Waals surface area contributed by atoms with Crippen molar-refractivity contribution in [1.29, 1.82) is 0 Å².